The summed E-state index contributed by atoms with van der Waals surface area (Å²) < 4.78 is 16.5. The summed E-state index contributed by atoms with van der Waals surface area (Å²) in [4.78, 5) is 37.4. The van der Waals surface area contributed by atoms with Crippen LogP contribution in [0.25, 0.3) is 0 Å². The third-order valence-electron chi connectivity index (χ3n) is 8.49. The van der Waals surface area contributed by atoms with Gasteiger partial charge in [-0.05, 0) is 96.3 Å². The second kappa shape index (κ2) is 39.9. The summed E-state index contributed by atoms with van der Waals surface area (Å²) in [7, 11) is 0. The molecule has 1 unspecified atom stereocenters. The summed E-state index contributed by atoms with van der Waals surface area (Å²) in [5, 5.41) is 0. The maximum absolute atomic E-state index is 12.6. The van der Waals surface area contributed by atoms with Gasteiger partial charge in [0.05, 0.1) is 0 Å². The molecule has 6 nitrogen and oxygen atoms in total. The fourth-order valence-corrected chi connectivity index (χ4v) is 5.39. The van der Waals surface area contributed by atoms with Gasteiger partial charge in [0, 0.05) is 19.3 Å². The summed E-state index contributed by atoms with van der Waals surface area (Å²) in [6, 6.07) is 0. The monoisotopic (exact) mass is 713 g/mol. The van der Waals surface area contributed by atoms with Crippen LogP contribution in [0.1, 0.15) is 188 Å². The van der Waals surface area contributed by atoms with Crippen molar-refractivity contribution < 1.29 is 28.6 Å². The lowest BCUT2D eigenvalue weighted by molar-refractivity contribution is -0.167. The molecule has 1 atom stereocenters. The molecule has 0 aromatic rings. The van der Waals surface area contributed by atoms with E-state index in [1.807, 2.05) is 0 Å². The topological polar surface area (TPSA) is 78.9 Å². The summed E-state index contributed by atoms with van der Waals surface area (Å²) in [5.41, 5.74) is 0. The van der Waals surface area contributed by atoms with Gasteiger partial charge in [-0.15, -0.1) is 0 Å². The Hall–Kier alpha value is -2.89. The van der Waals surface area contributed by atoms with Gasteiger partial charge in [0.2, 0.25) is 0 Å². The van der Waals surface area contributed by atoms with E-state index in [0.717, 1.165) is 77.0 Å². The molecule has 0 fully saturated rings. The number of unbranched alkanes of at least 4 members (excludes halogenated alkanes) is 15. The minimum atomic E-state index is -0.800. The molecule has 0 aromatic heterocycles. The first kappa shape index (κ1) is 48.1. The van der Waals surface area contributed by atoms with Crippen LogP contribution in [0.3, 0.4) is 0 Å². The summed E-state index contributed by atoms with van der Waals surface area (Å²) in [5.74, 6) is -0.990. The fourth-order valence-electron chi connectivity index (χ4n) is 5.39. The van der Waals surface area contributed by atoms with Gasteiger partial charge in [-0.3, -0.25) is 14.4 Å². The number of rotatable bonds is 36. The molecule has 0 rings (SSSR count). The normalized spacial score (nSPS) is 12.6. The number of hydrogen-bond acceptors (Lipinski definition) is 6. The first-order valence-electron chi connectivity index (χ1n) is 20.8. The Kier molecular flexibility index (Phi) is 37.6. The number of hydrogen-bond donors (Lipinski definition) is 0. The second-order valence-electron chi connectivity index (χ2n) is 13.5. The SMILES string of the molecule is CC/C=C\C/C=C\CCCCC(=O)OCC(COC(=O)CCCCCCCCC/C=C\CCCCCC)OC(=O)CCCC/C=C\C/C=C\CC. The van der Waals surface area contributed by atoms with Gasteiger partial charge in [0.1, 0.15) is 13.2 Å². The molecule has 0 saturated heterocycles. The Morgan fingerprint density at radius 1 is 0.412 bits per heavy atom. The van der Waals surface area contributed by atoms with Gasteiger partial charge >= 0.3 is 17.9 Å². The molecule has 0 amide bonds. The molecule has 0 bridgehead atoms. The molecule has 0 radical (unpaired) electrons. The molecule has 0 saturated carbocycles. The van der Waals surface area contributed by atoms with Crippen molar-refractivity contribution in [3.8, 4) is 0 Å². The lowest BCUT2D eigenvalue weighted by atomic mass is 10.1. The molecule has 0 aliphatic carbocycles. The van der Waals surface area contributed by atoms with Gasteiger partial charge in [0.15, 0.2) is 6.10 Å². The lowest BCUT2D eigenvalue weighted by Crippen LogP contribution is -2.30. The van der Waals surface area contributed by atoms with Crippen molar-refractivity contribution >= 4 is 17.9 Å². The Morgan fingerprint density at radius 3 is 1.24 bits per heavy atom. The van der Waals surface area contributed by atoms with E-state index in [-0.39, 0.29) is 37.5 Å². The van der Waals surface area contributed by atoms with Crippen molar-refractivity contribution in [3.05, 3.63) is 60.8 Å². The van der Waals surface area contributed by atoms with E-state index in [0.29, 0.717) is 19.3 Å². The average Bonchev–Trinajstić information content (AvgIpc) is 3.12. The molecule has 0 heterocycles. The zero-order valence-corrected chi connectivity index (χ0v) is 33.1. The van der Waals surface area contributed by atoms with E-state index in [1.54, 1.807) is 0 Å². The molecule has 292 valence electrons. The summed E-state index contributed by atoms with van der Waals surface area (Å²) >= 11 is 0. The van der Waals surface area contributed by atoms with E-state index in [4.69, 9.17) is 14.2 Å². The Morgan fingerprint density at radius 2 is 0.765 bits per heavy atom. The third kappa shape index (κ3) is 38.2. The fraction of sp³-hybridized carbons (Fsp3) is 0.711. The first-order valence-corrected chi connectivity index (χ1v) is 20.8. The van der Waals surface area contributed by atoms with Crippen LogP contribution in [0.4, 0.5) is 0 Å². The summed E-state index contributed by atoms with van der Waals surface area (Å²) in [6.45, 7) is 6.28. The zero-order valence-electron chi connectivity index (χ0n) is 33.1. The minimum Gasteiger partial charge on any atom is -0.462 e. The van der Waals surface area contributed by atoms with Crippen LogP contribution in [-0.4, -0.2) is 37.2 Å². The van der Waals surface area contributed by atoms with E-state index in [1.165, 1.54) is 64.2 Å². The van der Waals surface area contributed by atoms with Crippen molar-refractivity contribution in [3.63, 3.8) is 0 Å². The highest BCUT2D eigenvalue weighted by Gasteiger charge is 2.19. The third-order valence-corrected chi connectivity index (χ3v) is 8.49. The van der Waals surface area contributed by atoms with Crippen LogP contribution in [0.2, 0.25) is 0 Å². The van der Waals surface area contributed by atoms with Gasteiger partial charge < -0.3 is 14.2 Å². The highest BCUT2D eigenvalue weighted by Crippen LogP contribution is 2.12. The Bertz CT molecular complexity index is 960. The first-order chi connectivity index (χ1) is 25.0. The Balaban J connectivity index is 4.39. The molecule has 0 aliphatic heterocycles. The van der Waals surface area contributed by atoms with E-state index < -0.39 is 6.10 Å². The van der Waals surface area contributed by atoms with Gasteiger partial charge in [-0.1, -0.05) is 133 Å². The predicted octanol–water partition coefficient (Wildman–Crippen LogP) is 13.0. The standard InChI is InChI=1S/C45H76O6/c1-4-7-10-13-16-19-20-21-22-23-24-27-29-32-35-38-44(47)50-41-42(51-45(48)39-36-33-30-26-18-15-12-9-6-3)40-49-43(46)37-34-31-28-25-17-14-11-8-5-2/h8-9,11-12,17-20,25-26,42H,4-7,10,13-16,21-24,27-41H2,1-3H3/b11-8-,12-9-,20-19-,25-17-,26-18-. The quantitative estimate of drug-likeness (QED) is 0.0278. The molecule has 0 aliphatic rings. The van der Waals surface area contributed by atoms with E-state index in [9.17, 15) is 14.4 Å². The maximum Gasteiger partial charge on any atom is 0.306 e. The van der Waals surface area contributed by atoms with Crippen LogP contribution < -0.4 is 0 Å². The van der Waals surface area contributed by atoms with Crippen molar-refractivity contribution in [2.75, 3.05) is 13.2 Å². The van der Waals surface area contributed by atoms with Crippen LogP contribution in [0.15, 0.2) is 60.8 Å². The van der Waals surface area contributed by atoms with Crippen LogP contribution in [-0.2, 0) is 28.6 Å². The Labute approximate surface area is 313 Å². The molecule has 51 heavy (non-hydrogen) atoms. The highest BCUT2D eigenvalue weighted by molar-refractivity contribution is 5.71. The van der Waals surface area contributed by atoms with Gasteiger partial charge in [-0.2, -0.15) is 0 Å². The lowest BCUT2D eigenvalue weighted by Gasteiger charge is -2.18. The number of carbonyl (C=O) groups is 3. The molecule has 0 spiro atoms. The van der Waals surface area contributed by atoms with Gasteiger partial charge in [-0.25, -0.2) is 0 Å². The number of allylic oxidation sites excluding steroid dienone is 10. The zero-order chi connectivity index (χ0) is 37.3. The number of esters is 3. The number of ether oxygens (including phenoxy) is 3. The van der Waals surface area contributed by atoms with Gasteiger partial charge in [0.25, 0.3) is 0 Å². The predicted molar refractivity (Wildman–Crippen MR) is 215 cm³/mol. The molecule has 0 aromatic carbocycles. The van der Waals surface area contributed by atoms with Crippen molar-refractivity contribution in [2.24, 2.45) is 0 Å². The van der Waals surface area contributed by atoms with E-state index >= 15 is 0 Å². The average molecular weight is 713 g/mol. The van der Waals surface area contributed by atoms with E-state index in [2.05, 4.69) is 81.5 Å². The maximum atomic E-state index is 12.6. The van der Waals surface area contributed by atoms with Crippen molar-refractivity contribution in [2.45, 2.75) is 194 Å². The highest BCUT2D eigenvalue weighted by atomic mass is 16.6. The molecular formula is C45H76O6. The van der Waals surface area contributed by atoms with Crippen LogP contribution >= 0.6 is 0 Å². The largest absolute Gasteiger partial charge is 0.462 e. The molecular weight excluding hydrogens is 636 g/mol. The number of carbonyl (C=O) groups excluding carboxylic acids is 3. The smallest absolute Gasteiger partial charge is 0.306 e. The van der Waals surface area contributed by atoms with Crippen LogP contribution in [0, 0.1) is 0 Å². The molecule has 6 heteroatoms. The minimum absolute atomic E-state index is 0.101. The van der Waals surface area contributed by atoms with Crippen LogP contribution in [0.5, 0.6) is 0 Å². The van der Waals surface area contributed by atoms with Crippen molar-refractivity contribution in [1.29, 1.82) is 0 Å². The van der Waals surface area contributed by atoms with Crippen molar-refractivity contribution in [1.82, 2.24) is 0 Å². The second-order valence-corrected chi connectivity index (χ2v) is 13.5. The molecule has 0 N–H and O–H groups in total. The summed E-state index contributed by atoms with van der Waals surface area (Å²) in [6.07, 6.45) is 46.6.